The first-order valence-corrected chi connectivity index (χ1v) is 6.19. The third-order valence-electron chi connectivity index (χ3n) is 2.14. The molecule has 1 aromatic rings. The van der Waals surface area contributed by atoms with Gasteiger partial charge in [-0.1, -0.05) is 15.9 Å². The Balaban J connectivity index is 2.97. The fraction of sp³-hybridized carbons (Fsp3) is 0.364. The number of aryl methyl sites for hydroxylation is 1. The average Bonchev–Trinajstić information content (AvgIpc) is 2.27. The Kier molecular flexibility index (Phi) is 4.62. The smallest absolute Gasteiger partial charge is 0.270 e. The van der Waals surface area contributed by atoms with Gasteiger partial charge in [-0.05, 0) is 25.5 Å². The molecule has 1 atom stereocenters. The number of hydrogen-bond donors (Lipinski definition) is 1. The maximum atomic E-state index is 11.8. The van der Waals surface area contributed by atoms with E-state index in [0.29, 0.717) is 16.5 Å². The van der Waals surface area contributed by atoms with Gasteiger partial charge < -0.3 is 5.32 Å². The summed E-state index contributed by atoms with van der Waals surface area (Å²) in [6.45, 7) is 3.56. The highest BCUT2D eigenvalue weighted by Crippen LogP contribution is 2.16. The van der Waals surface area contributed by atoms with Gasteiger partial charge in [-0.2, -0.15) is 0 Å². The van der Waals surface area contributed by atoms with Crippen LogP contribution >= 0.6 is 15.9 Å². The lowest BCUT2D eigenvalue weighted by Crippen LogP contribution is -2.33. The summed E-state index contributed by atoms with van der Waals surface area (Å²) in [5.41, 5.74) is 0.932. The normalized spacial score (nSPS) is 11.9. The predicted octanol–water partition coefficient (Wildman–Crippen LogP) is 2.42. The number of nitrogens with one attached hydrogen (secondary N) is 1. The molecule has 0 saturated carbocycles. The van der Waals surface area contributed by atoms with Crippen LogP contribution in [0.5, 0.6) is 0 Å². The highest BCUT2D eigenvalue weighted by atomic mass is 79.9. The van der Waals surface area contributed by atoms with Crippen molar-refractivity contribution in [3.8, 4) is 0 Å². The van der Waals surface area contributed by atoms with E-state index in [2.05, 4.69) is 21.2 Å². The van der Waals surface area contributed by atoms with Gasteiger partial charge in [0.15, 0.2) is 0 Å². The molecule has 0 aliphatic heterocycles. The van der Waals surface area contributed by atoms with E-state index in [1.54, 1.807) is 13.0 Å². The van der Waals surface area contributed by atoms with Crippen molar-refractivity contribution >= 4 is 27.5 Å². The van der Waals surface area contributed by atoms with Gasteiger partial charge in [-0.15, -0.1) is 0 Å². The summed E-state index contributed by atoms with van der Waals surface area (Å²) in [4.78, 5) is 22.0. The van der Waals surface area contributed by atoms with Crippen LogP contribution in [0.3, 0.4) is 0 Å². The fourth-order valence-corrected chi connectivity index (χ4v) is 1.51. The number of amides is 1. The van der Waals surface area contributed by atoms with Gasteiger partial charge in [0.1, 0.15) is 0 Å². The largest absolute Gasteiger partial charge is 0.349 e. The van der Waals surface area contributed by atoms with Crippen LogP contribution in [0.15, 0.2) is 18.2 Å². The molecular formula is C11H13BrN2O3. The average molecular weight is 301 g/mol. The van der Waals surface area contributed by atoms with Crippen molar-refractivity contribution < 1.29 is 9.72 Å². The zero-order valence-electron chi connectivity index (χ0n) is 9.57. The molecule has 1 rings (SSSR count). The zero-order chi connectivity index (χ0) is 13.0. The van der Waals surface area contributed by atoms with E-state index in [9.17, 15) is 14.9 Å². The zero-order valence-corrected chi connectivity index (χ0v) is 11.2. The summed E-state index contributed by atoms with van der Waals surface area (Å²) < 4.78 is 0. The van der Waals surface area contributed by atoms with Crippen molar-refractivity contribution in [2.75, 3.05) is 5.33 Å². The number of rotatable bonds is 4. The number of halogens is 1. The van der Waals surface area contributed by atoms with Crippen molar-refractivity contribution in [2.45, 2.75) is 19.9 Å². The second-order valence-electron chi connectivity index (χ2n) is 3.84. The maximum Gasteiger partial charge on any atom is 0.270 e. The second kappa shape index (κ2) is 5.77. The van der Waals surface area contributed by atoms with Crippen LogP contribution in [0.1, 0.15) is 22.8 Å². The first kappa shape index (κ1) is 13.6. The van der Waals surface area contributed by atoms with E-state index in [0.717, 1.165) is 0 Å². The molecule has 1 amide bonds. The van der Waals surface area contributed by atoms with E-state index >= 15 is 0 Å². The molecule has 0 aliphatic rings. The van der Waals surface area contributed by atoms with Crippen LogP contribution in [0, 0.1) is 17.0 Å². The number of carbonyl (C=O) groups is 1. The molecule has 17 heavy (non-hydrogen) atoms. The Hall–Kier alpha value is -1.43. The third kappa shape index (κ3) is 3.81. The lowest BCUT2D eigenvalue weighted by molar-refractivity contribution is -0.384. The van der Waals surface area contributed by atoms with Gasteiger partial charge in [0, 0.05) is 29.1 Å². The number of hydrogen-bond acceptors (Lipinski definition) is 3. The topological polar surface area (TPSA) is 72.2 Å². The highest BCUT2D eigenvalue weighted by molar-refractivity contribution is 9.09. The van der Waals surface area contributed by atoms with Crippen LogP contribution < -0.4 is 5.32 Å². The molecule has 0 fully saturated rings. The monoisotopic (exact) mass is 300 g/mol. The number of carbonyl (C=O) groups excluding carboxylic acids is 1. The predicted molar refractivity (Wildman–Crippen MR) is 68.6 cm³/mol. The van der Waals surface area contributed by atoms with Gasteiger partial charge in [0.2, 0.25) is 0 Å². The van der Waals surface area contributed by atoms with Gasteiger partial charge in [-0.3, -0.25) is 14.9 Å². The molecule has 0 aromatic heterocycles. The number of nitro groups is 1. The summed E-state index contributed by atoms with van der Waals surface area (Å²) in [6.07, 6.45) is 0. The number of benzene rings is 1. The van der Waals surface area contributed by atoms with E-state index in [-0.39, 0.29) is 17.6 Å². The Bertz CT molecular complexity index is 448. The summed E-state index contributed by atoms with van der Waals surface area (Å²) in [7, 11) is 0. The molecule has 0 aliphatic carbocycles. The number of alkyl halides is 1. The number of nitrogens with zero attached hydrogens (tertiary/aromatic N) is 1. The summed E-state index contributed by atoms with van der Waals surface area (Å²) in [6, 6.07) is 4.32. The molecule has 0 radical (unpaired) electrons. The molecule has 0 heterocycles. The highest BCUT2D eigenvalue weighted by Gasteiger charge is 2.14. The van der Waals surface area contributed by atoms with Crippen molar-refractivity contribution in [3.63, 3.8) is 0 Å². The van der Waals surface area contributed by atoms with Crippen LogP contribution in [0.4, 0.5) is 5.69 Å². The van der Waals surface area contributed by atoms with Crippen LogP contribution in [0.2, 0.25) is 0 Å². The molecule has 5 nitrogen and oxygen atoms in total. The van der Waals surface area contributed by atoms with E-state index in [1.165, 1.54) is 12.1 Å². The van der Waals surface area contributed by atoms with E-state index < -0.39 is 4.92 Å². The van der Waals surface area contributed by atoms with Crippen LogP contribution in [0.25, 0.3) is 0 Å². The lowest BCUT2D eigenvalue weighted by Gasteiger charge is -2.10. The standard InChI is InChI=1S/C11H13BrN2O3/c1-7-3-9(5-10(4-7)14(16)17)11(15)13-8(2)6-12/h3-5,8H,6H2,1-2H3,(H,13,15). The quantitative estimate of drug-likeness (QED) is 0.527. The molecule has 1 unspecified atom stereocenters. The van der Waals surface area contributed by atoms with Crippen molar-refractivity contribution in [2.24, 2.45) is 0 Å². The van der Waals surface area contributed by atoms with Crippen molar-refractivity contribution in [3.05, 3.63) is 39.4 Å². The Labute approximate surface area is 107 Å². The first-order valence-electron chi connectivity index (χ1n) is 5.07. The Morgan fingerprint density at radius 3 is 2.71 bits per heavy atom. The fourth-order valence-electron chi connectivity index (χ4n) is 1.35. The second-order valence-corrected chi connectivity index (χ2v) is 4.49. The molecule has 0 bridgehead atoms. The third-order valence-corrected chi connectivity index (χ3v) is 3.12. The van der Waals surface area contributed by atoms with E-state index in [4.69, 9.17) is 0 Å². The summed E-state index contributed by atoms with van der Waals surface area (Å²) >= 11 is 3.25. The maximum absolute atomic E-state index is 11.8. The molecule has 1 N–H and O–H groups in total. The van der Waals surface area contributed by atoms with Gasteiger partial charge in [0.05, 0.1) is 4.92 Å². The molecule has 1 aromatic carbocycles. The Morgan fingerprint density at radius 1 is 1.53 bits per heavy atom. The summed E-state index contributed by atoms with van der Waals surface area (Å²) in [5, 5.41) is 14.0. The Morgan fingerprint density at radius 2 is 2.18 bits per heavy atom. The number of non-ortho nitro benzene ring substituents is 1. The van der Waals surface area contributed by atoms with Gasteiger partial charge in [-0.25, -0.2) is 0 Å². The van der Waals surface area contributed by atoms with Crippen molar-refractivity contribution in [1.29, 1.82) is 0 Å². The minimum atomic E-state index is -0.502. The van der Waals surface area contributed by atoms with Crippen molar-refractivity contribution in [1.82, 2.24) is 5.32 Å². The molecule has 92 valence electrons. The van der Waals surface area contributed by atoms with E-state index in [1.807, 2.05) is 6.92 Å². The minimum absolute atomic E-state index is 0.0259. The first-order chi connectivity index (χ1) is 7.93. The van der Waals surface area contributed by atoms with Crippen LogP contribution in [-0.4, -0.2) is 22.2 Å². The van der Waals surface area contributed by atoms with Gasteiger partial charge in [0.25, 0.3) is 11.6 Å². The minimum Gasteiger partial charge on any atom is -0.349 e. The molecular weight excluding hydrogens is 288 g/mol. The van der Waals surface area contributed by atoms with Crippen LogP contribution in [-0.2, 0) is 0 Å². The molecule has 0 saturated heterocycles. The lowest BCUT2D eigenvalue weighted by atomic mass is 10.1. The van der Waals surface area contributed by atoms with Gasteiger partial charge >= 0.3 is 0 Å². The summed E-state index contributed by atoms with van der Waals surface area (Å²) in [5.74, 6) is -0.302. The SMILES string of the molecule is Cc1cc(C(=O)NC(C)CBr)cc([N+](=O)[O-])c1. The molecule has 0 spiro atoms. The number of nitro benzene ring substituents is 1. The molecule has 6 heteroatoms.